The van der Waals surface area contributed by atoms with Crippen molar-refractivity contribution >= 4 is 7.12 Å². The molecule has 4 heteroatoms. The standard InChI is InChI=1S/C17H28BNO2/c1-16(2)17(3,4)21-18(20-16)15(19-5)13-9-12-14-10-7-6-8-11-14/h6-8,10-11,15,19H,9,12-13H2,1-5H3. The Balaban J connectivity index is 1.87. The molecule has 0 bridgehead atoms. The fourth-order valence-corrected chi connectivity index (χ4v) is 2.64. The topological polar surface area (TPSA) is 30.5 Å². The van der Waals surface area contributed by atoms with Gasteiger partial charge in [0, 0.05) is 5.94 Å². The molecule has 0 radical (unpaired) electrons. The van der Waals surface area contributed by atoms with E-state index in [2.05, 4.69) is 63.3 Å². The summed E-state index contributed by atoms with van der Waals surface area (Å²) in [6.45, 7) is 8.40. The molecule has 0 aromatic heterocycles. The first kappa shape index (κ1) is 16.5. The van der Waals surface area contributed by atoms with E-state index in [4.69, 9.17) is 9.31 Å². The van der Waals surface area contributed by atoms with E-state index >= 15 is 0 Å². The van der Waals surface area contributed by atoms with Crippen LogP contribution >= 0.6 is 0 Å². The van der Waals surface area contributed by atoms with Crippen molar-refractivity contribution < 1.29 is 9.31 Å². The van der Waals surface area contributed by atoms with Crippen LogP contribution < -0.4 is 5.32 Å². The zero-order valence-electron chi connectivity index (χ0n) is 14.0. The SMILES string of the molecule is CNC(CCCc1ccccc1)B1OC(C)(C)C(C)(C)O1. The van der Waals surface area contributed by atoms with E-state index in [-0.39, 0.29) is 24.3 Å². The number of benzene rings is 1. The summed E-state index contributed by atoms with van der Waals surface area (Å²) < 4.78 is 12.3. The second-order valence-electron chi connectivity index (χ2n) is 6.90. The van der Waals surface area contributed by atoms with Gasteiger partial charge < -0.3 is 14.6 Å². The summed E-state index contributed by atoms with van der Waals surface area (Å²) >= 11 is 0. The molecule has 3 nitrogen and oxygen atoms in total. The molecule has 0 spiro atoms. The molecule has 1 unspecified atom stereocenters. The minimum Gasteiger partial charge on any atom is -0.402 e. The lowest BCUT2D eigenvalue weighted by Crippen LogP contribution is -2.43. The Kier molecular flexibility index (Phi) is 5.13. The Bertz CT molecular complexity index is 431. The Labute approximate surface area is 129 Å². The highest BCUT2D eigenvalue weighted by Crippen LogP contribution is 2.37. The second kappa shape index (κ2) is 6.51. The fraction of sp³-hybridized carbons (Fsp3) is 0.647. The number of hydrogen-bond acceptors (Lipinski definition) is 3. The molecular formula is C17H28BNO2. The van der Waals surface area contributed by atoms with Crippen LogP contribution in [0.2, 0.25) is 0 Å². The Morgan fingerprint density at radius 3 is 2.14 bits per heavy atom. The second-order valence-corrected chi connectivity index (χ2v) is 6.90. The van der Waals surface area contributed by atoms with Crippen molar-refractivity contribution in [2.75, 3.05) is 7.05 Å². The van der Waals surface area contributed by atoms with Crippen LogP contribution in [0.1, 0.15) is 46.1 Å². The van der Waals surface area contributed by atoms with Crippen LogP contribution in [0.15, 0.2) is 30.3 Å². The zero-order chi connectivity index (χ0) is 15.5. The van der Waals surface area contributed by atoms with Crippen molar-refractivity contribution in [1.29, 1.82) is 0 Å². The first-order valence-electron chi connectivity index (χ1n) is 7.92. The molecule has 1 saturated heterocycles. The third-order valence-corrected chi connectivity index (χ3v) is 4.79. The van der Waals surface area contributed by atoms with Crippen molar-refractivity contribution in [3.05, 3.63) is 35.9 Å². The highest BCUT2D eigenvalue weighted by atomic mass is 16.7. The summed E-state index contributed by atoms with van der Waals surface area (Å²) in [6, 6.07) is 10.6. The van der Waals surface area contributed by atoms with Crippen molar-refractivity contribution in [3.8, 4) is 0 Å². The minimum atomic E-state index is -0.258. The average Bonchev–Trinajstić information content (AvgIpc) is 2.64. The van der Waals surface area contributed by atoms with E-state index in [9.17, 15) is 0 Å². The molecule has 0 amide bonds. The molecule has 21 heavy (non-hydrogen) atoms. The zero-order valence-corrected chi connectivity index (χ0v) is 14.0. The van der Waals surface area contributed by atoms with Gasteiger partial charge in [0.1, 0.15) is 0 Å². The van der Waals surface area contributed by atoms with Crippen LogP contribution in [0.4, 0.5) is 0 Å². The van der Waals surface area contributed by atoms with E-state index in [0.717, 1.165) is 19.3 Å². The van der Waals surface area contributed by atoms with Crippen molar-refractivity contribution in [2.45, 2.75) is 64.1 Å². The number of aryl methyl sites for hydroxylation is 1. The number of rotatable bonds is 6. The molecule has 1 heterocycles. The van der Waals surface area contributed by atoms with Crippen molar-refractivity contribution in [1.82, 2.24) is 5.32 Å². The quantitative estimate of drug-likeness (QED) is 0.816. The Morgan fingerprint density at radius 1 is 1.05 bits per heavy atom. The largest absolute Gasteiger partial charge is 0.476 e. The lowest BCUT2D eigenvalue weighted by molar-refractivity contribution is 0.00578. The number of nitrogens with one attached hydrogen (secondary N) is 1. The summed E-state index contributed by atoms with van der Waals surface area (Å²) in [5.74, 6) is 0.231. The van der Waals surface area contributed by atoms with Gasteiger partial charge in [-0.05, 0) is 59.6 Å². The maximum Gasteiger partial charge on any atom is 0.476 e. The van der Waals surface area contributed by atoms with Gasteiger partial charge in [-0.3, -0.25) is 0 Å². The van der Waals surface area contributed by atoms with Crippen molar-refractivity contribution in [2.24, 2.45) is 0 Å². The summed E-state index contributed by atoms with van der Waals surface area (Å²) in [4.78, 5) is 0. The van der Waals surface area contributed by atoms with Gasteiger partial charge in [-0.25, -0.2) is 0 Å². The molecule has 1 fully saturated rings. The van der Waals surface area contributed by atoms with Gasteiger partial charge in [0.25, 0.3) is 0 Å². The molecule has 1 atom stereocenters. The van der Waals surface area contributed by atoms with Gasteiger partial charge in [-0.2, -0.15) is 0 Å². The molecule has 1 aliphatic rings. The first-order valence-corrected chi connectivity index (χ1v) is 7.92. The Morgan fingerprint density at radius 2 is 1.62 bits per heavy atom. The smallest absolute Gasteiger partial charge is 0.402 e. The monoisotopic (exact) mass is 289 g/mol. The third kappa shape index (κ3) is 3.88. The maximum absolute atomic E-state index is 6.14. The van der Waals surface area contributed by atoms with Crippen LogP contribution in [0, 0.1) is 0 Å². The number of hydrogen-bond donors (Lipinski definition) is 1. The van der Waals surface area contributed by atoms with Gasteiger partial charge in [-0.1, -0.05) is 30.3 Å². The van der Waals surface area contributed by atoms with E-state index in [1.807, 2.05) is 7.05 Å². The van der Waals surface area contributed by atoms with Gasteiger partial charge >= 0.3 is 7.12 Å². The van der Waals surface area contributed by atoms with Crippen LogP contribution in [0.5, 0.6) is 0 Å². The molecule has 0 saturated carbocycles. The van der Waals surface area contributed by atoms with Gasteiger partial charge in [-0.15, -0.1) is 0 Å². The molecule has 1 aromatic rings. The lowest BCUT2D eigenvalue weighted by atomic mass is 9.75. The molecule has 116 valence electrons. The fourth-order valence-electron chi connectivity index (χ4n) is 2.64. The summed E-state index contributed by atoms with van der Waals surface area (Å²) in [7, 11) is 1.81. The molecule has 1 N–H and O–H groups in total. The Hall–Kier alpha value is -0.835. The molecule has 0 aliphatic carbocycles. The van der Waals surface area contributed by atoms with E-state index in [0.29, 0.717) is 0 Å². The van der Waals surface area contributed by atoms with Crippen LogP contribution in [-0.2, 0) is 15.7 Å². The van der Waals surface area contributed by atoms with E-state index in [1.165, 1.54) is 5.56 Å². The maximum atomic E-state index is 6.14. The van der Waals surface area contributed by atoms with Crippen LogP contribution in [0.3, 0.4) is 0 Å². The summed E-state index contributed by atoms with van der Waals surface area (Å²) in [5.41, 5.74) is 0.875. The molecular weight excluding hydrogens is 261 g/mol. The molecule has 1 aliphatic heterocycles. The minimum absolute atomic E-state index is 0.171. The first-order chi connectivity index (χ1) is 9.86. The van der Waals surface area contributed by atoms with E-state index in [1.54, 1.807) is 0 Å². The average molecular weight is 289 g/mol. The predicted octanol–water partition coefficient (Wildman–Crippen LogP) is 3.23. The van der Waals surface area contributed by atoms with Crippen LogP contribution in [-0.4, -0.2) is 31.3 Å². The van der Waals surface area contributed by atoms with Gasteiger partial charge in [0.15, 0.2) is 0 Å². The van der Waals surface area contributed by atoms with Crippen LogP contribution in [0.25, 0.3) is 0 Å². The summed E-state index contributed by atoms with van der Waals surface area (Å²) in [6.07, 6.45) is 3.26. The lowest BCUT2D eigenvalue weighted by Gasteiger charge is -2.32. The normalized spacial score (nSPS) is 21.5. The van der Waals surface area contributed by atoms with Gasteiger partial charge in [0.05, 0.1) is 11.2 Å². The highest BCUT2D eigenvalue weighted by Gasteiger charge is 2.53. The highest BCUT2D eigenvalue weighted by molar-refractivity contribution is 6.47. The van der Waals surface area contributed by atoms with Gasteiger partial charge in [0.2, 0.25) is 0 Å². The summed E-state index contributed by atoms with van der Waals surface area (Å²) in [5, 5.41) is 3.36. The molecule has 2 rings (SSSR count). The van der Waals surface area contributed by atoms with E-state index < -0.39 is 0 Å². The molecule has 1 aromatic carbocycles. The predicted molar refractivity (Wildman–Crippen MR) is 88.3 cm³/mol. The third-order valence-electron chi connectivity index (χ3n) is 4.79. The van der Waals surface area contributed by atoms with Crippen molar-refractivity contribution in [3.63, 3.8) is 0 Å².